The Morgan fingerprint density at radius 2 is 1.84 bits per heavy atom. The summed E-state index contributed by atoms with van der Waals surface area (Å²) in [6.45, 7) is 9.25. The maximum atomic E-state index is 13.8. The van der Waals surface area contributed by atoms with Crippen LogP contribution in [0.25, 0.3) is 0 Å². The lowest BCUT2D eigenvalue weighted by atomic mass is 10.1. The van der Waals surface area contributed by atoms with E-state index in [0.29, 0.717) is 69.7 Å². The van der Waals surface area contributed by atoms with Gasteiger partial charge in [0.2, 0.25) is 17.8 Å². The fraction of sp³-hybridized carbons (Fsp3) is 0.536. The van der Waals surface area contributed by atoms with Gasteiger partial charge in [-0.15, -0.1) is 0 Å². The highest BCUT2D eigenvalue weighted by Crippen LogP contribution is 2.36. The number of likely N-dealkylation sites (N-methyl/N-ethyl adjacent to an activating group) is 1. The number of benzene rings is 1. The van der Waals surface area contributed by atoms with Crippen molar-refractivity contribution in [1.82, 2.24) is 24.7 Å². The van der Waals surface area contributed by atoms with Crippen LogP contribution in [-0.2, 0) is 22.7 Å². The number of carbonyl (C=O) groups is 3. The first-order valence-corrected chi connectivity index (χ1v) is 13.4. The summed E-state index contributed by atoms with van der Waals surface area (Å²) >= 11 is 0. The number of fused-ring (bicyclic) bond motifs is 1. The monoisotopic (exact) mass is 520 g/mol. The molecular formula is C28H37N7O3. The van der Waals surface area contributed by atoms with Crippen molar-refractivity contribution in [2.45, 2.75) is 58.8 Å². The molecule has 0 radical (unpaired) electrons. The van der Waals surface area contributed by atoms with Crippen molar-refractivity contribution >= 4 is 29.5 Å². The molecule has 2 saturated heterocycles. The number of anilines is 2. The summed E-state index contributed by atoms with van der Waals surface area (Å²) in [4.78, 5) is 58.0. The average molecular weight is 521 g/mol. The Hall–Kier alpha value is -3.69. The van der Waals surface area contributed by atoms with Gasteiger partial charge in [0.1, 0.15) is 17.6 Å². The van der Waals surface area contributed by atoms with E-state index < -0.39 is 6.04 Å². The molecule has 0 bridgehead atoms. The third-order valence-corrected chi connectivity index (χ3v) is 7.73. The molecule has 0 saturated carbocycles. The fourth-order valence-corrected chi connectivity index (χ4v) is 5.55. The summed E-state index contributed by atoms with van der Waals surface area (Å²) in [7, 11) is -0.134. The maximum absolute atomic E-state index is 13.8. The number of piperazine rings is 1. The van der Waals surface area contributed by atoms with Gasteiger partial charge in [-0.2, -0.15) is 4.98 Å². The van der Waals surface area contributed by atoms with Crippen LogP contribution in [0.3, 0.4) is 0 Å². The van der Waals surface area contributed by atoms with E-state index >= 15 is 0 Å². The number of aromatic nitrogens is 2. The third kappa shape index (κ3) is 4.91. The predicted octanol–water partition coefficient (Wildman–Crippen LogP) is 2.14. The smallest absolute Gasteiger partial charge is 0.273 e. The summed E-state index contributed by atoms with van der Waals surface area (Å²) in [6, 6.07) is 9.27. The van der Waals surface area contributed by atoms with Crippen molar-refractivity contribution in [2.24, 2.45) is 0 Å². The predicted molar refractivity (Wildman–Crippen MR) is 145 cm³/mol. The van der Waals surface area contributed by atoms with Gasteiger partial charge in [0, 0.05) is 66.2 Å². The Morgan fingerprint density at radius 3 is 2.50 bits per heavy atom. The average Bonchev–Trinajstić information content (AvgIpc) is 3.56. The van der Waals surface area contributed by atoms with Gasteiger partial charge in [-0.3, -0.25) is 14.4 Å². The summed E-state index contributed by atoms with van der Waals surface area (Å²) in [5.41, 5.74) is 2.15. The van der Waals surface area contributed by atoms with E-state index in [2.05, 4.69) is 0 Å². The van der Waals surface area contributed by atoms with Gasteiger partial charge in [0.05, 0.1) is 6.54 Å². The molecule has 5 rings (SSSR count). The van der Waals surface area contributed by atoms with Gasteiger partial charge < -0.3 is 24.5 Å². The zero-order valence-corrected chi connectivity index (χ0v) is 22.5. The molecule has 1 aromatic heterocycles. The first-order valence-electron chi connectivity index (χ1n) is 14.1. The lowest BCUT2D eigenvalue weighted by molar-refractivity contribution is -0.131. The second-order valence-electron chi connectivity index (χ2n) is 10.6. The summed E-state index contributed by atoms with van der Waals surface area (Å²) in [6.07, 6.45) is 1.48. The molecule has 2 aromatic rings. The van der Waals surface area contributed by atoms with E-state index in [1.807, 2.05) is 54.0 Å². The van der Waals surface area contributed by atoms with E-state index in [9.17, 15) is 14.4 Å². The molecule has 0 aliphatic carbocycles. The molecular weight excluding hydrogens is 482 g/mol. The Balaban J connectivity index is 1.47. The van der Waals surface area contributed by atoms with Gasteiger partial charge in [-0.25, -0.2) is 4.98 Å². The van der Waals surface area contributed by atoms with Crippen molar-refractivity contribution < 1.29 is 15.8 Å². The van der Waals surface area contributed by atoms with Crippen molar-refractivity contribution in [2.75, 3.05) is 49.5 Å². The molecule has 10 nitrogen and oxygen atoms in total. The highest BCUT2D eigenvalue weighted by Gasteiger charge is 2.40. The Kier molecular flexibility index (Phi) is 6.86. The molecule has 2 fully saturated rings. The van der Waals surface area contributed by atoms with Crippen LogP contribution in [0.5, 0.6) is 0 Å². The quantitative estimate of drug-likeness (QED) is 0.576. The van der Waals surface area contributed by atoms with Crippen LogP contribution in [-0.4, -0.2) is 94.2 Å². The van der Waals surface area contributed by atoms with Crippen molar-refractivity contribution in [1.29, 1.82) is 0 Å². The number of rotatable bonds is 6. The SMILES string of the molecule is [2H]CN(Cc1ccccc1)C(=O)[C@@H]1CCCN1c1nc(N2CCN(C(C)=O)CC2)nc2c1CN(C(C)C)C2=O. The number of carbonyl (C=O) groups excluding carboxylic acids is 3. The van der Waals surface area contributed by atoms with E-state index in [1.165, 1.54) is 0 Å². The minimum atomic E-state index is -0.455. The third-order valence-electron chi connectivity index (χ3n) is 7.73. The highest BCUT2D eigenvalue weighted by molar-refractivity contribution is 5.99. The van der Waals surface area contributed by atoms with Crippen LogP contribution >= 0.6 is 0 Å². The van der Waals surface area contributed by atoms with Crippen LogP contribution in [0.15, 0.2) is 30.3 Å². The summed E-state index contributed by atoms with van der Waals surface area (Å²) in [5.74, 6) is 0.930. The number of hydrogen-bond acceptors (Lipinski definition) is 7. The topological polar surface area (TPSA) is 93.2 Å². The molecule has 4 heterocycles. The molecule has 38 heavy (non-hydrogen) atoms. The van der Waals surface area contributed by atoms with Crippen LogP contribution in [0.2, 0.25) is 0 Å². The van der Waals surface area contributed by atoms with E-state index in [0.717, 1.165) is 17.5 Å². The number of amides is 3. The van der Waals surface area contributed by atoms with Crippen LogP contribution < -0.4 is 9.80 Å². The normalized spacial score (nSPS) is 19.7. The fourth-order valence-electron chi connectivity index (χ4n) is 5.55. The minimum Gasteiger partial charge on any atom is -0.344 e. The van der Waals surface area contributed by atoms with Crippen molar-refractivity contribution in [3.63, 3.8) is 0 Å². The highest BCUT2D eigenvalue weighted by atomic mass is 16.2. The maximum Gasteiger partial charge on any atom is 0.273 e. The molecule has 1 atom stereocenters. The standard InChI is InChI=1S/C28H37N7O3/c1-19(2)35-18-22-24(27(35)38)29-28(33-15-13-32(14-16-33)20(3)36)30-25(22)34-12-8-11-23(34)26(37)31(4)17-21-9-6-5-7-10-21/h5-7,9-10,19,23H,8,11-18H2,1-4H3/t23-/m0/s1/i4D. The molecule has 0 unspecified atom stereocenters. The second-order valence-corrected chi connectivity index (χ2v) is 10.6. The zero-order valence-electron chi connectivity index (χ0n) is 23.5. The van der Waals surface area contributed by atoms with Crippen molar-refractivity contribution in [3.05, 3.63) is 47.2 Å². The molecule has 10 heteroatoms. The van der Waals surface area contributed by atoms with Crippen LogP contribution in [0, 0.1) is 0 Å². The Morgan fingerprint density at radius 1 is 1.11 bits per heavy atom. The van der Waals surface area contributed by atoms with Gasteiger partial charge in [0.15, 0.2) is 0 Å². The van der Waals surface area contributed by atoms with Gasteiger partial charge >= 0.3 is 0 Å². The Bertz CT molecular complexity index is 1230. The minimum absolute atomic E-state index is 0.00259. The zero-order chi connectivity index (χ0) is 27.7. The van der Waals surface area contributed by atoms with E-state index in [4.69, 9.17) is 11.3 Å². The van der Waals surface area contributed by atoms with Gasteiger partial charge in [-0.05, 0) is 32.3 Å². The summed E-state index contributed by atoms with van der Waals surface area (Å²) in [5, 5.41) is 0. The molecule has 3 aliphatic rings. The van der Waals surface area contributed by atoms with Gasteiger partial charge in [0.25, 0.3) is 5.91 Å². The van der Waals surface area contributed by atoms with Gasteiger partial charge in [-0.1, -0.05) is 30.3 Å². The molecule has 1 aromatic carbocycles. The Labute approximate surface area is 225 Å². The number of nitrogens with zero attached hydrogens (tertiary/aromatic N) is 7. The van der Waals surface area contributed by atoms with Crippen molar-refractivity contribution in [3.8, 4) is 0 Å². The lowest BCUT2D eigenvalue weighted by Gasteiger charge is -2.35. The molecule has 3 amide bonds. The van der Waals surface area contributed by atoms with Crippen LogP contribution in [0.4, 0.5) is 11.8 Å². The first-order chi connectivity index (χ1) is 18.8. The molecule has 3 aliphatic heterocycles. The van der Waals surface area contributed by atoms with E-state index in [-0.39, 0.29) is 30.8 Å². The largest absolute Gasteiger partial charge is 0.344 e. The lowest BCUT2D eigenvalue weighted by Crippen LogP contribution is -2.49. The first kappa shape index (κ1) is 24.6. The molecule has 0 N–H and O–H groups in total. The molecule has 0 spiro atoms. The summed E-state index contributed by atoms with van der Waals surface area (Å²) < 4.78 is 8.09. The second kappa shape index (κ2) is 10.6. The van der Waals surface area contributed by atoms with Crippen LogP contribution in [0.1, 0.15) is 56.6 Å². The number of hydrogen-bond donors (Lipinski definition) is 0. The van der Waals surface area contributed by atoms with E-state index in [1.54, 1.807) is 21.6 Å². The molecule has 202 valence electrons.